The third-order valence-electron chi connectivity index (χ3n) is 14.9. The molecule has 10 rings (SSSR count). The number of carbonyl (C=O) groups excluding carboxylic acids is 6. The van der Waals surface area contributed by atoms with Crippen molar-refractivity contribution in [2.24, 2.45) is 0 Å². The molecule has 4 aliphatic heterocycles. The SMILES string of the molecule is C.COC(=O)Cl.COC(=O)Nc1ccc(Cl)cc1C(=O)N1CCCC[C@H]1c1cc2nc(N3CC[C@H](NC(=O)OC(C)(C)C)C3)c(C)cn2n1.Cc1cn2nc([C@@H]3CCCCN3C(=O)c3cc(Cl)ccc3N)cc2nc1N1CC[C@H](NC(=O)OC(C)(C)C)C1. The van der Waals surface area contributed by atoms with Crippen LogP contribution < -0.4 is 31.5 Å². The van der Waals surface area contributed by atoms with Gasteiger partial charge in [0.05, 0.1) is 66.6 Å². The molecule has 88 heavy (non-hydrogen) atoms. The molecule has 4 fully saturated rings. The van der Waals surface area contributed by atoms with Gasteiger partial charge in [0.2, 0.25) is 0 Å². The second-order valence-corrected chi connectivity index (χ2v) is 25.1. The van der Waals surface area contributed by atoms with Crippen LogP contribution in [0.15, 0.2) is 60.9 Å². The summed E-state index contributed by atoms with van der Waals surface area (Å²) in [6.45, 7) is 19.0. The summed E-state index contributed by atoms with van der Waals surface area (Å²) in [5.74, 6) is 1.32. The minimum Gasteiger partial charge on any atom is -0.457 e. The number of nitrogen functional groups attached to an aromatic ring is 1. The largest absolute Gasteiger partial charge is 0.457 e. The minimum absolute atomic E-state index is 0. The van der Waals surface area contributed by atoms with Gasteiger partial charge in [-0.05, 0) is 143 Å². The van der Waals surface area contributed by atoms with Crippen LogP contribution in [0.1, 0.15) is 156 Å². The maximum atomic E-state index is 13.9. The first kappa shape index (κ1) is 67.7. The molecule has 4 aromatic heterocycles. The van der Waals surface area contributed by atoms with Gasteiger partial charge in [-0.15, -0.1) is 0 Å². The molecule has 0 saturated carbocycles. The number of aromatic nitrogens is 6. The van der Waals surface area contributed by atoms with Gasteiger partial charge in [-0.3, -0.25) is 14.9 Å². The minimum atomic E-state index is -0.773. The fourth-order valence-corrected chi connectivity index (χ4v) is 11.4. The number of anilines is 4. The fraction of sp³-hybridized carbons (Fsp3) is 0.508. The van der Waals surface area contributed by atoms with Gasteiger partial charge in [-0.25, -0.2) is 38.2 Å². The van der Waals surface area contributed by atoms with Crippen molar-refractivity contribution in [1.82, 2.24) is 49.6 Å². The highest BCUT2D eigenvalue weighted by molar-refractivity contribution is 6.61. The van der Waals surface area contributed by atoms with Crippen LogP contribution in [0.5, 0.6) is 0 Å². The van der Waals surface area contributed by atoms with E-state index in [1.54, 1.807) is 50.3 Å². The van der Waals surface area contributed by atoms with Crippen molar-refractivity contribution >= 4 is 105 Å². The van der Waals surface area contributed by atoms with Gasteiger partial charge in [-0.2, -0.15) is 10.2 Å². The average Bonchev–Trinajstić information content (AvgIpc) is 3.42. The van der Waals surface area contributed by atoms with Crippen LogP contribution in [0.3, 0.4) is 0 Å². The van der Waals surface area contributed by atoms with Gasteiger partial charge in [-0.1, -0.05) is 30.6 Å². The topological polar surface area (TPSA) is 275 Å². The summed E-state index contributed by atoms with van der Waals surface area (Å²) in [7, 11) is 2.48. The first-order valence-electron chi connectivity index (χ1n) is 28.9. The molecule has 0 bridgehead atoms. The number of rotatable bonds is 9. The molecule has 0 radical (unpaired) electrons. The van der Waals surface area contributed by atoms with Crippen molar-refractivity contribution in [2.75, 3.05) is 74.3 Å². The molecule has 0 unspecified atom stereocenters. The highest BCUT2D eigenvalue weighted by Gasteiger charge is 2.36. The second kappa shape index (κ2) is 29.0. The Kier molecular flexibility index (Phi) is 22.3. The van der Waals surface area contributed by atoms with Gasteiger partial charge in [0.1, 0.15) is 22.8 Å². The van der Waals surface area contributed by atoms with Gasteiger partial charge in [0.25, 0.3) is 11.8 Å². The summed E-state index contributed by atoms with van der Waals surface area (Å²) >= 11 is 17.0. The zero-order chi connectivity index (χ0) is 63.1. The normalized spacial score (nSPS) is 18.5. The summed E-state index contributed by atoms with van der Waals surface area (Å²) < 4.78 is 23.0. The van der Waals surface area contributed by atoms with E-state index in [9.17, 15) is 28.8 Å². The van der Waals surface area contributed by atoms with E-state index >= 15 is 0 Å². The molecule has 6 aromatic rings. The molecule has 4 saturated heterocycles. The monoisotopic (exact) mass is 1270 g/mol. The number of ether oxygens (including phenoxy) is 4. The van der Waals surface area contributed by atoms with Gasteiger partial charge >= 0.3 is 23.7 Å². The Morgan fingerprint density at radius 1 is 0.591 bits per heavy atom. The highest BCUT2D eigenvalue weighted by atomic mass is 35.5. The van der Waals surface area contributed by atoms with E-state index in [4.69, 9.17) is 63.3 Å². The Morgan fingerprint density at radius 2 is 1.02 bits per heavy atom. The number of nitrogens with two attached hydrogens (primary N) is 1. The number of alkyl carbamates (subject to hydrolysis) is 2. The lowest BCUT2D eigenvalue weighted by molar-refractivity contribution is 0.0497. The molecule has 4 aliphatic rings. The number of halogens is 3. The molecular weight excluding hydrogens is 1200 g/mol. The van der Waals surface area contributed by atoms with E-state index in [0.29, 0.717) is 58.8 Å². The third kappa shape index (κ3) is 17.3. The lowest BCUT2D eigenvalue weighted by Crippen LogP contribution is -2.40. The van der Waals surface area contributed by atoms with Crippen LogP contribution in [0, 0.1) is 13.8 Å². The molecule has 2 aromatic carbocycles. The van der Waals surface area contributed by atoms with E-state index in [1.807, 2.05) is 84.8 Å². The summed E-state index contributed by atoms with van der Waals surface area (Å²) in [5.41, 5.74) is 10.6. The zero-order valence-corrected chi connectivity index (χ0v) is 53.0. The number of methoxy groups -OCH3 is 2. The number of benzene rings is 2. The van der Waals surface area contributed by atoms with Gasteiger partial charge in [0, 0.05) is 102 Å². The molecule has 0 spiro atoms. The quantitative estimate of drug-likeness (QED) is 0.0595. The van der Waals surface area contributed by atoms with E-state index in [1.165, 1.54) is 14.2 Å². The lowest BCUT2D eigenvalue weighted by Gasteiger charge is -2.35. The van der Waals surface area contributed by atoms with Crippen LogP contribution in [-0.4, -0.2) is 151 Å². The summed E-state index contributed by atoms with van der Waals surface area (Å²) in [6, 6.07) is 13.1. The van der Waals surface area contributed by atoms with Crippen LogP contribution in [0.2, 0.25) is 10.0 Å². The standard InChI is InChI=1S/C30H38ClN7O5.C28H36ClN7O3.C2H3ClO2.CH4/c1-18-16-38-25(34-26(18)36-13-11-20(17-36)32-29(41)43-30(2,3)4)15-23(35-38)24-8-6-7-12-37(24)27(39)21-14-19(31)9-10-22(21)33-28(40)42-5;1-17-15-36-24(32-25(17)34-12-10-19(16-34)31-27(38)39-28(2,3)4)14-22(33-36)23-7-5-6-11-35(23)26(37)20-13-18(29)8-9-21(20)30;1-5-2(3)4;/h9-10,14-16,20,24H,6-8,11-13,17H2,1-5H3,(H,32,41)(H,33,40);8-9,13-15,19,23H,5-7,10-12,16,30H2,1-4H3,(H,31,38);1H3;1H4/t20-,24-;19-,23-;;/m00../s1. The number of fused-ring (bicyclic) bond motifs is 2. The number of aryl methyl sites for hydroxylation is 2. The van der Waals surface area contributed by atoms with Crippen LogP contribution in [0.4, 0.5) is 42.2 Å². The zero-order valence-electron chi connectivity index (χ0n) is 50.7. The smallest absolute Gasteiger partial charge is 0.411 e. The van der Waals surface area contributed by atoms with Crippen LogP contribution >= 0.6 is 34.8 Å². The third-order valence-corrected chi connectivity index (χ3v) is 15.5. The summed E-state index contributed by atoms with van der Waals surface area (Å²) in [6.07, 6.45) is 9.29. The molecule has 8 heterocycles. The fourth-order valence-electron chi connectivity index (χ4n) is 11.0. The van der Waals surface area contributed by atoms with Gasteiger partial charge < -0.3 is 54.9 Å². The van der Waals surface area contributed by atoms with E-state index < -0.39 is 34.9 Å². The average molecular weight is 1280 g/mol. The Morgan fingerprint density at radius 3 is 1.45 bits per heavy atom. The number of nitrogens with zero attached hydrogens (tertiary/aromatic N) is 10. The van der Waals surface area contributed by atoms with Crippen molar-refractivity contribution < 1.29 is 47.7 Å². The summed E-state index contributed by atoms with van der Waals surface area (Å²) in [4.78, 5) is 91.1. The number of carbonyl (C=O) groups is 6. The van der Waals surface area contributed by atoms with Crippen LogP contribution in [-0.2, 0) is 18.9 Å². The molecule has 24 nitrogen and oxygen atoms in total. The van der Waals surface area contributed by atoms with Crippen molar-refractivity contribution in [2.45, 2.75) is 150 Å². The van der Waals surface area contributed by atoms with Crippen molar-refractivity contribution in [3.05, 3.63) is 105 Å². The predicted octanol–water partition coefficient (Wildman–Crippen LogP) is 11.7. The van der Waals surface area contributed by atoms with E-state index in [2.05, 4.69) is 42.1 Å². The molecule has 5 amide bonds. The second-order valence-electron chi connectivity index (χ2n) is 23.9. The highest BCUT2D eigenvalue weighted by Crippen LogP contribution is 2.37. The number of hydrogen-bond donors (Lipinski definition) is 4. The molecule has 476 valence electrons. The maximum absolute atomic E-state index is 13.9. The predicted molar refractivity (Wildman–Crippen MR) is 339 cm³/mol. The van der Waals surface area contributed by atoms with Crippen molar-refractivity contribution in [3.63, 3.8) is 0 Å². The maximum Gasteiger partial charge on any atom is 0.411 e. The summed E-state index contributed by atoms with van der Waals surface area (Å²) in [5, 5.41) is 19.1. The first-order chi connectivity index (χ1) is 41.2. The van der Waals surface area contributed by atoms with E-state index in [0.717, 1.165) is 104 Å². The Hall–Kier alpha value is -7.83. The number of amides is 5. The van der Waals surface area contributed by atoms with E-state index in [-0.39, 0.29) is 49.0 Å². The lowest BCUT2D eigenvalue weighted by atomic mass is 9.98. The molecule has 27 heteroatoms. The number of nitrogens with one attached hydrogen (secondary N) is 3. The Labute approximate surface area is 528 Å². The molecule has 5 N–H and O–H groups in total. The van der Waals surface area contributed by atoms with Crippen LogP contribution in [0.25, 0.3) is 11.3 Å². The number of piperidine rings is 2. The molecular formula is C61H81Cl3N14O10. The Balaban J connectivity index is 0.000000231. The molecule has 0 aliphatic carbocycles. The number of likely N-dealkylation sites (tertiary alicyclic amines) is 2. The molecule has 4 atom stereocenters. The van der Waals surface area contributed by atoms with Crippen molar-refractivity contribution in [1.29, 1.82) is 0 Å². The number of hydrogen-bond acceptors (Lipinski definition) is 17. The Bertz CT molecular complexity index is 3510. The van der Waals surface area contributed by atoms with Crippen molar-refractivity contribution in [3.8, 4) is 0 Å². The first-order valence-corrected chi connectivity index (χ1v) is 30.1. The van der Waals surface area contributed by atoms with Gasteiger partial charge in [0.15, 0.2) is 11.3 Å².